The molecule has 0 saturated carbocycles. The molecule has 1 aromatic rings. The predicted octanol–water partition coefficient (Wildman–Crippen LogP) is 3.62. The molecule has 76 valence electrons. The molecule has 0 bridgehead atoms. The summed E-state index contributed by atoms with van der Waals surface area (Å²) in [4.78, 5) is 0. The highest BCUT2D eigenvalue weighted by Crippen LogP contribution is 2.45. The van der Waals surface area contributed by atoms with E-state index in [1.54, 1.807) is 6.07 Å². The maximum atomic E-state index is 9.79. The van der Waals surface area contributed by atoms with Crippen molar-refractivity contribution in [3.05, 3.63) is 20.6 Å². The van der Waals surface area contributed by atoms with Gasteiger partial charge in [-0.2, -0.15) is 0 Å². The van der Waals surface area contributed by atoms with Crippen LogP contribution in [0.15, 0.2) is 15.0 Å². The molecule has 2 nitrogen and oxygen atoms in total. The fourth-order valence-electron chi connectivity index (χ4n) is 1.48. The summed E-state index contributed by atoms with van der Waals surface area (Å²) < 4.78 is 7.22. The first kappa shape index (κ1) is 10.8. The molecule has 2 rings (SSSR count). The molecule has 0 spiro atoms. The summed E-state index contributed by atoms with van der Waals surface area (Å²) in [5, 5.41) is 10.6. The van der Waals surface area contributed by atoms with Crippen LogP contribution in [0.4, 0.5) is 0 Å². The summed E-state index contributed by atoms with van der Waals surface area (Å²) in [5.74, 6) is 1.04. The minimum atomic E-state index is 0.112. The lowest BCUT2D eigenvalue weighted by molar-refractivity contribution is 0.259. The van der Waals surface area contributed by atoms with E-state index in [-0.39, 0.29) is 11.9 Å². The number of halogens is 3. The number of phenolic OH excluding ortho intramolecular Hbond substituents is 1. The van der Waals surface area contributed by atoms with E-state index in [4.69, 9.17) is 4.74 Å². The zero-order valence-electron chi connectivity index (χ0n) is 7.06. The molecule has 1 N–H and O–H groups in total. The van der Waals surface area contributed by atoms with Crippen LogP contribution in [0.1, 0.15) is 5.56 Å². The summed E-state index contributed by atoms with van der Waals surface area (Å²) in [5.41, 5.74) is 0.871. The number of hydrogen-bond acceptors (Lipinski definition) is 2. The number of rotatable bonds is 1. The van der Waals surface area contributed by atoms with E-state index in [0.29, 0.717) is 4.47 Å². The maximum absolute atomic E-state index is 9.79. The van der Waals surface area contributed by atoms with Gasteiger partial charge in [0.1, 0.15) is 17.6 Å². The monoisotopic (exact) mass is 384 g/mol. The van der Waals surface area contributed by atoms with Crippen molar-refractivity contribution < 1.29 is 9.84 Å². The predicted molar refractivity (Wildman–Crippen MR) is 65.4 cm³/mol. The van der Waals surface area contributed by atoms with Crippen molar-refractivity contribution >= 4 is 47.8 Å². The zero-order chi connectivity index (χ0) is 10.3. The summed E-state index contributed by atoms with van der Waals surface area (Å²) >= 11 is 10.1. The van der Waals surface area contributed by atoms with Crippen molar-refractivity contribution in [1.82, 2.24) is 0 Å². The van der Waals surface area contributed by atoms with Gasteiger partial charge >= 0.3 is 0 Å². The van der Waals surface area contributed by atoms with Gasteiger partial charge in [-0.05, 0) is 37.9 Å². The lowest BCUT2D eigenvalue weighted by Gasteiger charge is -2.07. The van der Waals surface area contributed by atoms with Gasteiger partial charge in [-0.25, -0.2) is 0 Å². The van der Waals surface area contributed by atoms with E-state index >= 15 is 0 Å². The fraction of sp³-hybridized carbons (Fsp3) is 0.333. The Morgan fingerprint density at radius 1 is 1.43 bits per heavy atom. The van der Waals surface area contributed by atoms with Gasteiger partial charge in [-0.1, -0.05) is 15.9 Å². The minimum absolute atomic E-state index is 0.112. The summed E-state index contributed by atoms with van der Waals surface area (Å²) in [6, 6.07) is 1.80. The molecule has 0 amide bonds. The lowest BCUT2D eigenvalue weighted by atomic mass is 10.1. The van der Waals surface area contributed by atoms with E-state index in [0.717, 1.165) is 27.5 Å². The molecule has 0 aliphatic carbocycles. The number of phenols is 1. The highest BCUT2D eigenvalue weighted by Gasteiger charge is 2.28. The second kappa shape index (κ2) is 4.02. The molecular weight excluding hydrogens is 380 g/mol. The average molecular weight is 387 g/mol. The van der Waals surface area contributed by atoms with E-state index < -0.39 is 0 Å². The molecule has 1 aliphatic rings. The Labute approximate surface area is 107 Å². The second-order valence-corrected chi connectivity index (χ2v) is 5.45. The Bertz CT molecular complexity index is 379. The van der Waals surface area contributed by atoms with Crippen LogP contribution < -0.4 is 4.74 Å². The molecule has 0 fully saturated rings. The van der Waals surface area contributed by atoms with Gasteiger partial charge in [-0.15, -0.1) is 0 Å². The van der Waals surface area contributed by atoms with Crippen molar-refractivity contribution in [2.75, 3.05) is 5.33 Å². The van der Waals surface area contributed by atoms with Crippen LogP contribution in [-0.2, 0) is 6.42 Å². The molecule has 1 atom stereocenters. The first-order chi connectivity index (χ1) is 6.63. The minimum Gasteiger partial charge on any atom is -0.506 e. The third-order valence-electron chi connectivity index (χ3n) is 2.14. The Hall–Kier alpha value is 0.260. The first-order valence-electron chi connectivity index (χ1n) is 4.06. The number of fused-ring (bicyclic) bond motifs is 1. The average Bonchev–Trinajstić information content (AvgIpc) is 2.58. The van der Waals surface area contributed by atoms with Crippen LogP contribution >= 0.6 is 47.8 Å². The molecule has 0 radical (unpaired) electrons. The molecule has 1 aliphatic heterocycles. The van der Waals surface area contributed by atoms with Crippen molar-refractivity contribution in [2.24, 2.45) is 0 Å². The van der Waals surface area contributed by atoms with E-state index in [2.05, 4.69) is 47.8 Å². The number of hydrogen-bond donors (Lipinski definition) is 1. The van der Waals surface area contributed by atoms with Crippen LogP contribution in [-0.4, -0.2) is 16.5 Å². The molecule has 1 unspecified atom stereocenters. The van der Waals surface area contributed by atoms with Gasteiger partial charge < -0.3 is 9.84 Å². The molecule has 0 aromatic heterocycles. The van der Waals surface area contributed by atoms with Crippen LogP contribution in [0.5, 0.6) is 11.5 Å². The van der Waals surface area contributed by atoms with Crippen molar-refractivity contribution in [1.29, 1.82) is 0 Å². The first-order valence-corrected chi connectivity index (χ1v) is 6.76. The van der Waals surface area contributed by atoms with Crippen LogP contribution in [0.25, 0.3) is 0 Å². The topological polar surface area (TPSA) is 29.5 Å². The highest BCUT2D eigenvalue weighted by molar-refractivity contribution is 9.11. The van der Waals surface area contributed by atoms with Gasteiger partial charge in [0.25, 0.3) is 0 Å². The molecular formula is C9H7Br3O2. The third kappa shape index (κ3) is 1.70. The number of alkyl halides is 1. The Morgan fingerprint density at radius 3 is 2.79 bits per heavy atom. The Balaban J connectivity index is 2.50. The maximum Gasteiger partial charge on any atom is 0.141 e. The summed E-state index contributed by atoms with van der Waals surface area (Å²) in [6.45, 7) is 0. The van der Waals surface area contributed by atoms with Crippen LogP contribution in [0.2, 0.25) is 0 Å². The highest BCUT2D eigenvalue weighted by atomic mass is 79.9. The molecule has 5 heteroatoms. The number of benzene rings is 1. The molecule has 1 aromatic carbocycles. The van der Waals surface area contributed by atoms with Gasteiger partial charge in [0.2, 0.25) is 0 Å². The quantitative estimate of drug-likeness (QED) is 0.747. The summed E-state index contributed by atoms with van der Waals surface area (Å²) in [7, 11) is 0. The molecule has 14 heavy (non-hydrogen) atoms. The van der Waals surface area contributed by atoms with Gasteiger partial charge in [0, 0.05) is 17.3 Å². The number of aromatic hydroxyl groups is 1. The SMILES string of the molecule is Oc1c(Br)cc(Br)c2c1CC(CBr)O2. The van der Waals surface area contributed by atoms with Crippen LogP contribution in [0, 0.1) is 0 Å². The lowest BCUT2D eigenvalue weighted by Crippen LogP contribution is -2.13. The smallest absolute Gasteiger partial charge is 0.141 e. The Kier molecular flexibility index (Phi) is 3.09. The van der Waals surface area contributed by atoms with E-state index in [9.17, 15) is 5.11 Å². The largest absolute Gasteiger partial charge is 0.506 e. The summed E-state index contributed by atoms with van der Waals surface area (Å²) in [6.07, 6.45) is 0.853. The van der Waals surface area contributed by atoms with Gasteiger partial charge in [-0.3, -0.25) is 0 Å². The second-order valence-electron chi connectivity index (χ2n) is 3.09. The standard InChI is InChI=1S/C9H7Br3O2/c10-3-4-1-5-8(13)6(11)2-7(12)9(5)14-4/h2,4,13H,1,3H2. The molecule has 0 saturated heterocycles. The van der Waals surface area contributed by atoms with Crippen LogP contribution in [0.3, 0.4) is 0 Å². The van der Waals surface area contributed by atoms with Crippen molar-refractivity contribution in [3.8, 4) is 11.5 Å². The van der Waals surface area contributed by atoms with E-state index in [1.807, 2.05) is 0 Å². The zero-order valence-corrected chi connectivity index (χ0v) is 11.8. The number of ether oxygens (including phenoxy) is 1. The van der Waals surface area contributed by atoms with Gasteiger partial charge in [0.15, 0.2) is 0 Å². The van der Waals surface area contributed by atoms with E-state index in [1.165, 1.54) is 0 Å². The fourth-order valence-corrected chi connectivity index (χ4v) is 3.18. The molecule has 1 heterocycles. The normalized spacial score (nSPS) is 19.2. The third-order valence-corrected chi connectivity index (χ3v) is 4.06. The Morgan fingerprint density at radius 2 is 2.14 bits per heavy atom. The van der Waals surface area contributed by atoms with Gasteiger partial charge in [0.05, 0.1) is 8.95 Å². The van der Waals surface area contributed by atoms with Crippen molar-refractivity contribution in [2.45, 2.75) is 12.5 Å². The van der Waals surface area contributed by atoms with Crippen molar-refractivity contribution in [3.63, 3.8) is 0 Å².